The Hall–Kier alpha value is -2.64. The highest BCUT2D eigenvalue weighted by Crippen LogP contribution is 2.36. The second-order valence-corrected chi connectivity index (χ2v) is 6.80. The Bertz CT molecular complexity index is 977. The number of aromatic nitrogens is 1. The SMILES string of the molecule is COc1cc(OC)c(NC(=O)Cc2csc(-c3ccccc3F)n2)cc1Cl. The highest BCUT2D eigenvalue weighted by molar-refractivity contribution is 7.13. The molecule has 1 amide bonds. The summed E-state index contributed by atoms with van der Waals surface area (Å²) in [5.41, 5.74) is 1.39. The first kappa shape index (κ1) is 19.1. The molecule has 27 heavy (non-hydrogen) atoms. The van der Waals surface area contributed by atoms with Crippen LogP contribution in [0.3, 0.4) is 0 Å². The predicted molar refractivity (Wildman–Crippen MR) is 104 cm³/mol. The summed E-state index contributed by atoms with van der Waals surface area (Å²) in [5, 5.41) is 5.36. The lowest BCUT2D eigenvalue weighted by Crippen LogP contribution is -2.15. The molecule has 0 unspecified atom stereocenters. The van der Waals surface area contributed by atoms with Crippen molar-refractivity contribution in [2.75, 3.05) is 19.5 Å². The number of thiazole rings is 1. The van der Waals surface area contributed by atoms with Crippen LogP contribution in [0.15, 0.2) is 41.8 Å². The van der Waals surface area contributed by atoms with Crippen molar-refractivity contribution >= 4 is 34.5 Å². The monoisotopic (exact) mass is 406 g/mol. The third-order valence-corrected chi connectivity index (χ3v) is 4.97. The van der Waals surface area contributed by atoms with E-state index < -0.39 is 0 Å². The lowest BCUT2D eigenvalue weighted by atomic mass is 10.2. The van der Waals surface area contributed by atoms with Crippen LogP contribution in [0.25, 0.3) is 10.6 Å². The van der Waals surface area contributed by atoms with Crippen LogP contribution >= 0.6 is 22.9 Å². The van der Waals surface area contributed by atoms with Gasteiger partial charge in [0, 0.05) is 17.0 Å². The lowest BCUT2D eigenvalue weighted by molar-refractivity contribution is -0.115. The van der Waals surface area contributed by atoms with Gasteiger partial charge < -0.3 is 14.8 Å². The van der Waals surface area contributed by atoms with E-state index in [2.05, 4.69) is 10.3 Å². The average Bonchev–Trinajstić information content (AvgIpc) is 3.10. The molecule has 0 spiro atoms. The molecule has 0 radical (unpaired) electrons. The van der Waals surface area contributed by atoms with Crippen LogP contribution in [-0.4, -0.2) is 25.1 Å². The average molecular weight is 407 g/mol. The minimum atomic E-state index is -0.347. The van der Waals surface area contributed by atoms with Gasteiger partial charge in [0.05, 0.1) is 37.0 Å². The van der Waals surface area contributed by atoms with Crippen LogP contribution < -0.4 is 14.8 Å². The summed E-state index contributed by atoms with van der Waals surface area (Å²) in [6, 6.07) is 9.55. The third kappa shape index (κ3) is 4.37. The number of hydrogen-bond acceptors (Lipinski definition) is 5. The van der Waals surface area contributed by atoms with E-state index in [1.165, 1.54) is 31.6 Å². The molecule has 3 rings (SSSR count). The summed E-state index contributed by atoms with van der Waals surface area (Å²) in [7, 11) is 2.98. The van der Waals surface area contributed by atoms with Crippen molar-refractivity contribution < 1.29 is 18.7 Å². The number of nitrogens with one attached hydrogen (secondary N) is 1. The molecule has 0 aliphatic carbocycles. The number of carbonyl (C=O) groups excluding carboxylic acids is 1. The van der Waals surface area contributed by atoms with Crippen molar-refractivity contribution in [2.24, 2.45) is 0 Å². The molecule has 0 aliphatic heterocycles. The Morgan fingerprint density at radius 3 is 2.67 bits per heavy atom. The van der Waals surface area contributed by atoms with E-state index in [0.717, 1.165) is 0 Å². The van der Waals surface area contributed by atoms with Crippen LogP contribution in [0.2, 0.25) is 5.02 Å². The van der Waals surface area contributed by atoms with E-state index in [-0.39, 0.29) is 18.1 Å². The molecular formula is C19H16ClFN2O3S. The van der Waals surface area contributed by atoms with Gasteiger partial charge in [0.1, 0.15) is 22.3 Å². The topological polar surface area (TPSA) is 60.5 Å². The van der Waals surface area contributed by atoms with Gasteiger partial charge in [0.25, 0.3) is 0 Å². The molecular weight excluding hydrogens is 391 g/mol. The minimum Gasteiger partial charge on any atom is -0.495 e. The number of hydrogen-bond donors (Lipinski definition) is 1. The Balaban J connectivity index is 1.74. The first-order valence-corrected chi connectivity index (χ1v) is 9.18. The van der Waals surface area contributed by atoms with Crippen molar-refractivity contribution in [3.8, 4) is 22.1 Å². The molecule has 1 N–H and O–H groups in total. The van der Waals surface area contributed by atoms with E-state index in [9.17, 15) is 9.18 Å². The van der Waals surface area contributed by atoms with E-state index in [4.69, 9.17) is 21.1 Å². The zero-order valence-electron chi connectivity index (χ0n) is 14.6. The van der Waals surface area contributed by atoms with Crippen LogP contribution in [0, 0.1) is 5.82 Å². The number of amides is 1. The van der Waals surface area contributed by atoms with E-state index in [1.807, 2.05) is 0 Å². The number of nitrogens with zero attached hydrogens (tertiary/aromatic N) is 1. The Morgan fingerprint density at radius 1 is 1.22 bits per heavy atom. The molecule has 1 aromatic heterocycles. The van der Waals surface area contributed by atoms with Gasteiger partial charge in [-0.15, -0.1) is 11.3 Å². The van der Waals surface area contributed by atoms with Gasteiger partial charge in [-0.25, -0.2) is 9.37 Å². The molecule has 0 saturated carbocycles. The van der Waals surface area contributed by atoms with Crippen LogP contribution in [0.5, 0.6) is 11.5 Å². The first-order valence-electron chi connectivity index (χ1n) is 7.92. The molecule has 0 atom stereocenters. The van der Waals surface area contributed by atoms with Crippen molar-refractivity contribution in [1.82, 2.24) is 4.98 Å². The summed E-state index contributed by atoms with van der Waals surface area (Å²) >= 11 is 7.40. The van der Waals surface area contributed by atoms with Gasteiger partial charge in [-0.05, 0) is 18.2 Å². The summed E-state index contributed by atoms with van der Waals surface area (Å²) < 4.78 is 24.3. The second kappa shape index (κ2) is 8.37. The molecule has 8 heteroatoms. The number of ether oxygens (including phenoxy) is 2. The summed E-state index contributed by atoms with van der Waals surface area (Å²) in [6.07, 6.45) is 0.0394. The molecule has 2 aromatic carbocycles. The van der Waals surface area contributed by atoms with Crippen molar-refractivity contribution in [1.29, 1.82) is 0 Å². The smallest absolute Gasteiger partial charge is 0.230 e. The standard InChI is InChI=1S/C19H16ClFN2O3S/c1-25-16-9-17(26-2)15(8-13(16)20)23-18(24)7-11-10-27-19(22-11)12-5-3-4-6-14(12)21/h3-6,8-10H,7H2,1-2H3,(H,23,24). The zero-order chi connectivity index (χ0) is 19.4. The number of anilines is 1. The highest BCUT2D eigenvalue weighted by atomic mass is 35.5. The highest BCUT2D eigenvalue weighted by Gasteiger charge is 2.15. The third-order valence-electron chi connectivity index (χ3n) is 3.75. The second-order valence-electron chi connectivity index (χ2n) is 5.54. The van der Waals surface area contributed by atoms with Crippen LogP contribution in [0.1, 0.15) is 5.69 Å². The molecule has 140 valence electrons. The normalized spacial score (nSPS) is 10.5. The summed E-state index contributed by atoms with van der Waals surface area (Å²) in [6.45, 7) is 0. The molecule has 0 fully saturated rings. The van der Waals surface area contributed by atoms with Crippen molar-refractivity contribution in [2.45, 2.75) is 6.42 Å². The van der Waals surface area contributed by atoms with E-state index in [1.54, 1.807) is 35.7 Å². The zero-order valence-corrected chi connectivity index (χ0v) is 16.2. The Labute approximate surface area is 164 Å². The van der Waals surface area contributed by atoms with Gasteiger partial charge in [-0.1, -0.05) is 23.7 Å². The van der Waals surface area contributed by atoms with Gasteiger partial charge >= 0.3 is 0 Å². The van der Waals surface area contributed by atoms with Crippen molar-refractivity contribution in [3.63, 3.8) is 0 Å². The number of methoxy groups -OCH3 is 2. The Morgan fingerprint density at radius 2 is 1.96 bits per heavy atom. The summed E-state index contributed by atoms with van der Waals surface area (Å²) in [5.74, 6) is 0.232. The molecule has 1 heterocycles. The summed E-state index contributed by atoms with van der Waals surface area (Å²) in [4.78, 5) is 16.7. The fourth-order valence-electron chi connectivity index (χ4n) is 2.46. The van der Waals surface area contributed by atoms with Gasteiger partial charge in [-0.3, -0.25) is 4.79 Å². The van der Waals surface area contributed by atoms with Crippen LogP contribution in [-0.2, 0) is 11.2 Å². The molecule has 0 saturated heterocycles. The van der Waals surface area contributed by atoms with Crippen LogP contribution in [0.4, 0.5) is 10.1 Å². The molecule has 3 aromatic rings. The van der Waals surface area contributed by atoms with Crippen molar-refractivity contribution in [3.05, 3.63) is 58.3 Å². The van der Waals surface area contributed by atoms with Gasteiger partial charge in [0.2, 0.25) is 5.91 Å². The Kier molecular flexibility index (Phi) is 5.93. The minimum absolute atomic E-state index is 0.0394. The first-order chi connectivity index (χ1) is 13.0. The maximum atomic E-state index is 13.9. The fourth-order valence-corrected chi connectivity index (χ4v) is 3.55. The maximum absolute atomic E-state index is 13.9. The molecule has 5 nitrogen and oxygen atoms in total. The van der Waals surface area contributed by atoms with E-state index >= 15 is 0 Å². The number of halogens is 2. The molecule has 0 aliphatic rings. The van der Waals surface area contributed by atoms with Gasteiger partial charge in [0.15, 0.2) is 0 Å². The number of carbonyl (C=O) groups is 1. The quantitative estimate of drug-likeness (QED) is 0.638. The largest absolute Gasteiger partial charge is 0.495 e. The molecule has 0 bridgehead atoms. The predicted octanol–water partition coefficient (Wildman–Crippen LogP) is 4.80. The maximum Gasteiger partial charge on any atom is 0.230 e. The fraction of sp³-hybridized carbons (Fsp3) is 0.158. The van der Waals surface area contributed by atoms with Gasteiger partial charge in [-0.2, -0.15) is 0 Å². The van der Waals surface area contributed by atoms with E-state index in [0.29, 0.717) is 38.5 Å². The number of benzene rings is 2. The number of rotatable bonds is 6. The lowest BCUT2D eigenvalue weighted by Gasteiger charge is -2.12.